The molecule has 1 unspecified atom stereocenters. The topological polar surface area (TPSA) is 30.7 Å². The van der Waals surface area contributed by atoms with Crippen LogP contribution in [-0.2, 0) is 12.2 Å². The number of aryl methyl sites for hydroxylation is 2. The van der Waals surface area contributed by atoms with E-state index in [2.05, 4.69) is 21.7 Å². The molecule has 2 heterocycles. The smallest absolute Gasteiger partial charge is 0.173 e. The zero-order valence-electron chi connectivity index (χ0n) is 18.4. The second-order valence-electron chi connectivity index (χ2n) is 8.36. The van der Waals surface area contributed by atoms with Crippen LogP contribution in [0.3, 0.4) is 0 Å². The van der Waals surface area contributed by atoms with Crippen LogP contribution in [0.15, 0.2) is 60.0 Å². The molecule has 0 radical (unpaired) electrons. The molecule has 3 nitrogen and oxygen atoms in total. The van der Waals surface area contributed by atoms with Crippen molar-refractivity contribution >= 4 is 46.6 Å². The maximum Gasteiger partial charge on any atom is 0.173 e. The molecule has 0 bridgehead atoms. The Morgan fingerprint density at radius 1 is 1.03 bits per heavy atom. The van der Waals surface area contributed by atoms with Crippen molar-refractivity contribution in [2.24, 2.45) is 0 Å². The number of imidazole rings is 1. The van der Waals surface area contributed by atoms with E-state index in [1.807, 2.05) is 13.0 Å². The van der Waals surface area contributed by atoms with Crippen molar-refractivity contribution in [2.45, 2.75) is 50.4 Å². The molecule has 1 aliphatic carbocycles. The monoisotopic (exact) mass is 547 g/mol. The van der Waals surface area contributed by atoms with E-state index in [9.17, 15) is 4.39 Å². The van der Waals surface area contributed by atoms with Gasteiger partial charge in [0.1, 0.15) is 5.82 Å². The van der Waals surface area contributed by atoms with Gasteiger partial charge in [0.2, 0.25) is 0 Å². The normalized spacial score (nSPS) is 14.9. The predicted molar refractivity (Wildman–Crippen MR) is 145 cm³/mol. The van der Waals surface area contributed by atoms with Crippen molar-refractivity contribution in [3.05, 3.63) is 104 Å². The highest BCUT2D eigenvalue weighted by Gasteiger charge is 2.30. The van der Waals surface area contributed by atoms with E-state index in [0.717, 1.165) is 57.6 Å². The van der Waals surface area contributed by atoms with Gasteiger partial charge in [0.05, 0.1) is 21.4 Å². The van der Waals surface area contributed by atoms with Gasteiger partial charge in [0, 0.05) is 40.3 Å². The van der Waals surface area contributed by atoms with E-state index < -0.39 is 0 Å². The number of fused-ring (bicyclic) bond motifs is 1. The third-order valence-electron chi connectivity index (χ3n) is 6.16. The summed E-state index contributed by atoms with van der Waals surface area (Å²) < 4.78 is 15.9. The molecule has 1 aliphatic rings. The Hall–Kier alpha value is -2.05. The van der Waals surface area contributed by atoms with Crippen LogP contribution in [0, 0.1) is 12.7 Å². The lowest BCUT2D eigenvalue weighted by Gasteiger charge is -2.25. The molecule has 5 rings (SSSR count). The number of benzene rings is 2. The molecular formula is C27H25Cl3FN3S. The molecule has 0 amide bonds. The Labute approximate surface area is 224 Å². The van der Waals surface area contributed by atoms with Crippen LogP contribution in [0.2, 0.25) is 15.1 Å². The van der Waals surface area contributed by atoms with Gasteiger partial charge in [-0.3, -0.25) is 9.55 Å². The number of hydrogen-bond donors (Lipinski definition) is 0. The molecule has 2 aromatic heterocycles. The molecule has 1 atom stereocenters. The first-order valence-electron chi connectivity index (χ1n) is 11.0. The van der Waals surface area contributed by atoms with Gasteiger partial charge in [0.25, 0.3) is 0 Å². The Bertz CT molecular complexity index is 1330. The highest BCUT2D eigenvalue weighted by molar-refractivity contribution is 7.98. The van der Waals surface area contributed by atoms with E-state index in [-0.39, 0.29) is 19.2 Å². The molecule has 0 spiro atoms. The Morgan fingerprint density at radius 2 is 1.74 bits per heavy atom. The van der Waals surface area contributed by atoms with Crippen LogP contribution in [0.4, 0.5) is 4.39 Å². The molecule has 0 N–H and O–H groups in total. The van der Waals surface area contributed by atoms with Gasteiger partial charge in [-0.05, 0) is 67.6 Å². The molecule has 4 aromatic rings. The largest absolute Gasteiger partial charge is 0.291 e. The van der Waals surface area contributed by atoms with Crippen LogP contribution in [0.5, 0.6) is 0 Å². The first-order valence-corrected chi connectivity index (χ1v) is 13.1. The number of halogens is 4. The van der Waals surface area contributed by atoms with Gasteiger partial charge in [-0.15, -0.1) is 0 Å². The number of pyridine rings is 1. The number of rotatable bonds is 5. The Balaban J connectivity index is 0.00000289. The van der Waals surface area contributed by atoms with Crippen molar-refractivity contribution in [2.75, 3.05) is 0 Å². The van der Waals surface area contributed by atoms with Crippen molar-refractivity contribution in [1.29, 1.82) is 0 Å². The first-order chi connectivity index (χ1) is 16.4. The zero-order valence-corrected chi connectivity index (χ0v) is 21.4. The van der Waals surface area contributed by atoms with Gasteiger partial charge < -0.3 is 0 Å². The zero-order chi connectivity index (χ0) is 23.8. The summed E-state index contributed by atoms with van der Waals surface area (Å²) in [6.07, 6.45) is 6.15. The molecular weight excluding hydrogens is 524 g/mol. The molecule has 0 aliphatic heterocycles. The van der Waals surface area contributed by atoms with Crippen LogP contribution < -0.4 is 0 Å². The minimum absolute atomic E-state index is 0. The molecule has 0 fully saturated rings. The van der Waals surface area contributed by atoms with Crippen LogP contribution in [-0.4, -0.2) is 14.5 Å². The van der Waals surface area contributed by atoms with Gasteiger partial charge in [-0.25, -0.2) is 9.37 Å². The summed E-state index contributed by atoms with van der Waals surface area (Å²) in [6.45, 7) is 2.02. The summed E-state index contributed by atoms with van der Waals surface area (Å²) in [5.41, 5.74) is 6.18. The molecule has 0 saturated heterocycles. The van der Waals surface area contributed by atoms with E-state index in [4.69, 9.17) is 39.8 Å². The minimum Gasteiger partial charge on any atom is -0.291 e. The summed E-state index contributed by atoms with van der Waals surface area (Å²) in [5.74, 6) is 0.439. The summed E-state index contributed by atoms with van der Waals surface area (Å²) >= 11 is 20.6. The van der Waals surface area contributed by atoms with Crippen molar-refractivity contribution in [3.63, 3.8) is 0 Å². The average molecular weight is 549 g/mol. The molecule has 35 heavy (non-hydrogen) atoms. The fraction of sp³-hybridized carbons (Fsp3) is 0.259. The van der Waals surface area contributed by atoms with E-state index >= 15 is 0 Å². The second-order valence-corrected chi connectivity index (χ2v) is 10.5. The molecule has 2 aromatic carbocycles. The number of hydrogen-bond acceptors (Lipinski definition) is 3. The number of aromatic nitrogens is 3. The number of thioether (sulfide) groups is 1. The lowest BCUT2D eigenvalue weighted by atomic mass is 9.83. The quantitative estimate of drug-likeness (QED) is 0.233. The SMILES string of the molecule is C.Cc1cc(C2CCCc3nc(SCc4c(Cl)cncc4Cl)n(-c4ccc(F)cc4)c32)ccc1Cl. The van der Waals surface area contributed by atoms with Crippen LogP contribution >= 0.6 is 46.6 Å². The van der Waals surface area contributed by atoms with Crippen molar-refractivity contribution < 1.29 is 4.39 Å². The maximum atomic E-state index is 13.8. The second kappa shape index (κ2) is 10.9. The van der Waals surface area contributed by atoms with Gasteiger partial charge >= 0.3 is 0 Å². The third kappa shape index (κ3) is 5.24. The molecule has 0 saturated carbocycles. The average Bonchev–Trinajstić information content (AvgIpc) is 3.19. The highest BCUT2D eigenvalue weighted by Crippen LogP contribution is 2.42. The first kappa shape index (κ1) is 26.0. The van der Waals surface area contributed by atoms with Gasteiger partial charge in [-0.2, -0.15) is 0 Å². The third-order valence-corrected chi connectivity index (χ3v) is 8.20. The number of nitrogens with zero attached hydrogens (tertiary/aromatic N) is 3. The van der Waals surface area contributed by atoms with Gasteiger partial charge in [-0.1, -0.05) is 66.1 Å². The van der Waals surface area contributed by atoms with Crippen LogP contribution in [0.1, 0.15) is 54.3 Å². The predicted octanol–water partition coefficient (Wildman–Crippen LogP) is 9.07. The molecule has 8 heteroatoms. The summed E-state index contributed by atoms with van der Waals surface area (Å²) in [6, 6.07) is 12.8. The van der Waals surface area contributed by atoms with Crippen LogP contribution in [0.25, 0.3) is 5.69 Å². The summed E-state index contributed by atoms with van der Waals surface area (Å²) in [4.78, 5) is 9.09. The lowest BCUT2D eigenvalue weighted by Crippen LogP contribution is -2.15. The summed E-state index contributed by atoms with van der Waals surface area (Å²) in [5, 5.41) is 2.64. The van der Waals surface area contributed by atoms with E-state index in [1.54, 1.807) is 36.3 Å². The van der Waals surface area contributed by atoms with Gasteiger partial charge in [0.15, 0.2) is 5.16 Å². The fourth-order valence-corrected chi connectivity index (χ4v) is 6.33. The Morgan fingerprint density at radius 3 is 2.43 bits per heavy atom. The summed E-state index contributed by atoms with van der Waals surface area (Å²) in [7, 11) is 0. The standard InChI is InChI=1S/C26H21Cl3FN3S.CH4/c1-15-11-16(5-10-21(15)27)19-3-2-4-24-25(19)33(18-8-6-17(30)7-9-18)26(32-24)34-14-20-22(28)12-31-13-23(20)29;/h5-13,19H,2-4,14H2,1H3;1H4. The van der Waals surface area contributed by atoms with E-state index in [0.29, 0.717) is 15.8 Å². The maximum absolute atomic E-state index is 13.8. The highest BCUT2D eigenvalue weighted by atomic mass is 35.5. The fourth-order valence-electron chi connectivity index (χ4n) is 4.46. The van der Waals surface area contributed by atoms with E-state index in [1.165, 1.54) is 17.7 Å². The van der Waals surface area contributed by atoms with Crippen molar-refractivity contribution in [1.82, 2.24) is 14.5 Å². The lowest BCUT2D eigenvalue weighted by molar-refractivity contribution is 0.586. The van der Waals surface area contributed by atoms with Crippen molar-refractivity contribution in [3.8, 4) is 5.69 Å². The Kier molecular flexibility index (Phi) is 8.12. The minimum atomic E-state index is -0.271. The molecule has 182 valence electrons.